The lowest BCUT2D eigenvalue weighted by atomic mass is 9.95. The van der Waals surface area contributed by atoms with Crippen molar-refractivity contribution in [3.8, 4) is 18.1 Å². The first-order valence-corrected chi connectivity index (χ1v) is 13.4. The van der Waals surface area contributed by atoms with E-state index in [1.807, 2.05) is 10.9 Å². The molecule has 2 unspecified atom stereocenters. The summed E-state index contributed by atoms with van der Waals surface area (Å²) < 4.78 is 36.6. The first-order chi connectivity index (χ1) is 18.0. The molecule has 0 spiro atoms. The lowest BCUT2D eigenvalue weighted by Gasteiger charge is -2.28. The van der Waals surface area contributed by atoms with Crippen molar-refractivity contribution in [1.82, 2.24) is 14.6 Å². The van der Waals surface area contributed by atoms with Gasteiger partial charge in [0.2, 0.25) is 0 Å². The van der Waals surface area contributed by atoms with Gasteiger partial charge in [-0.15, -0.1) is 6.42 Å². The molecule has 14 heteroatoms. The Morgan fingerprint density at radius 2 is 2.05 bits per heavy atom. The molecule has 204 valence electrons. The van der Waals surface area contributed by atoms with Crippen LogP contribution in [0.15, 0.2) is 52.2 Å². The van der Waals surface area contributed by atoms with Crippen LogP contribution < -0.4 is 20.9 Å². The van der Waals surface area contributed by atoms with Gasteiger partial charge in [0.05, 0.1) is 6.61 Å². The molecule has 1 aliphatic heterocycles. The molecule has 4 N–H and O–H groups in total. The summed E-state index contributed by atoms with van der Waals surface area (Å²) in [4.78, 5) is 38.2. The molecule has 1 saturated heterocycles. The van der Waals surface area contributed by atoms with Gasteiger partial charge in [-0.05, 0) is 38.3 Å². The standard InChI is InChI=1S/C24H28N3O10P/c1-3-24(32)20(29)18(36-22(24)27-13-12-19(28)25-23(27)31)14-34-38(33,37-17-8-5-4-6-9-17)26-15(2)21(30)35-16-10-7-11-16/h1,4-6,8-9,12-13,15-16,18,20,22,29,32H,7,10-11,14H2,2H3,(H,26,33)(H,25,28,31)/t15-,18+,20+,22?,24+,38?/m0/s1. The molecule has 0 bridgehead atoms. The van der Waals surface area contributed by atoms with Gasteiger partial charge in [-0.3, -0.25) is 23.7 Å². The molecule has 2 fully saturated rings. The van der Waals surface area contributed by atoms with Crippen LogP contribution in [0.1, 0.15) is 32.4 Å². The van der Waals surface area contributed by atoms with E-state index in [0.717, 1.165) is 36.1 Å². The number of aromatic nitrogens is 2. The van der Waals surface area contributed by atoms with E-state index < -0.39 is 61.7 Å². The molecule has 6 atom stereocenters. The molecule has 2 heterocycles. The molecule has 13 nitrogen and oxygen atoms in total. The Hall–Kier alpha value is -3.24. The normalized spacial score (nSPS) is 27.5. The van der Waals surface area contributed by atoms with Gasteiger partial charge in [0.25, 0.3) is 5.56 Å². The van der Waals surface area contributed by atoms with Crippen LogP contribution in [0.2, 0.25) is 0 Å². The van der Waals surface area contributed by atoms with E-state index >= 15 is 0 Å². The number of H-pyrrole nitrogens is 1. The second kappa shape index (κ2) is 11.2. The predicted octanol–water partition coefficient (Wildman–Crippen LogP) is 0.437. The molecule has 0 radical (unpaired) electrons. The maximum absolute atomic E-state index is 13.7. The van der Waals surface area contributed by atoms with Gasteiger partial charge < -0.3 is 24.2 Å². The molecule has 2 aromatic rings. The summed E-state index contributed by atoms with van der Waals surface area (Å²) in [5.41, 5.74) is -4.04. The fourth-order valence-corrected chi connectivity index (χ4v) is 5.38. The third-order valence-corrected chi connectivity index (χ3v) is 7.88. The summed E-state index contributed by atoms with van der Waals surface area (Å²) in [5.74, 6) is 1.53. The first kappa shape index (κ1) is 27.8. The van der Waals surface area contributed by atoms with Gasteiger partial charge in [-0.2, -0.15) is 5.09 Å². The zero-order valence-corrected chi connectivity index (χ0v) is 21.3. The van der Waals surface area contributed by atoms with Crippen LogP contribution >= 0.6 is 7.75 Å². The fraction of sp³-hybridized carbons (Fsp3) is 0.458. The minimum Gasteiger partial charge on any atom is -0.461 e. The van der Waals surface area contributed by atoms with Crippen molar-refractivity contribution in [2.24, 2.45) is 0 Å². The van der Waals surface area contributed by atoms with E-state index in [0.29, 0.717) is 0 Å². The zero-order chi connectivity index (χ0) is 27.5. The molecular weight excluding hydrogens is 521 g/mol. The molecule has 38 heavy (non-hydrogen) atoms. The molecule has 1 aromatic carbocycles. The van der Waals surface area contributed by atoms with Crippen LogP contribution in [-0.4, -0.2) is 62.3 Å². The van der Waals surface area contributed by atoms with Crippen LogP contribution in [0.3, 0.4) is 0 Å². The summed E-state index contributed by atoms with van der Waals surface area (Å²) in [7, 11) is -4.31. The Kier molecular flexibility index (Phi) is 8.22. The lowest BCUT2D eigenvalue weighted by molar-refractivity contribution is -0.154. The Labute approximate surface area is 217 Å². The number of nitrogens with one attached hydrogen (secondary N) is 2. The quantitative estimate of drug-likeness (QED) is 0.184. The number of rotatable bonds is 10. The van der Waals surface area contributed by atoms with Crippen molar-refractivity contribution in [1.29, 1.82) is 0 Å². The summed E-state index contributed by atoms with van der Waals surface area (Å²) in [6, 6.07) is 7.95. The van der Waals surface area contributed by atoms with Gasteiger partial charge in [-0.25, -0.2) is 9.36 Å². The number of nitrogens with zero attached hydrogens (tertiary/aromatic N) is 1. The topological polar surface area (TPSA) is 178 Å². The van der Waals surface area contributed by atoms with E-state index in [4.69, 9.17) is 24.9 Å². The number of aromatic amines is 1. The van der Waals surface area contributed by atoms with Crippen LogP contribution in [0, 0.1) is 12.3 Å². The summed E-state index contributed by atoms with van der Waals surface area (Å²) in [5, 5.41) is 24.2. The highest BCUT2D eigenvalue weighted by Gasteiger charge is 2.56. The van der Waals surface area contributed by atoms with E-state index in [1.54, 1.807) is 18.2 Å². The number of hydrogen-bond donors (Lipinski definition) is 4. The molecular formula is C24H28N3O10P. The molecule has 4 rings (SSSR count). The smallest absolute Gasteiger partial charge is 0.459 e. The first-order valence-electron chi connectivity index (χ1n) is 11.9. The van der Waals surface area contributed by atoms with Crippen LogP contribution in [0.5, 0.6) is 5.75 Å². The maximum Gasteiger partial charge on any atom is 0.459 e. The van der Waals surface area contributed by atoms with Crippen molar-refractivity contribution in [3.05, 3.63) is 63.4 Å². The van der Waals surface area contributed by atoms with E-state index in [-0.39, 0.29) is 11.9 Å². The number of terminal acetylenes is 1. The minimum absolute atomic E-state index is 0.161. The second-order valence-corrected chi connectivity index (χ2v) is 10.7. The third-order valence-electron chi connectivity index (χ3n) is 6.24. The Morgan fingerprint density at radius 3 is 2.66 bits per heavy atom. The highest BCUT2D eigenvalue weighted by Crippen LogP contribution is 2.47. The average molecular weight is 549 g/mol. The van der Waals surface area contributed by atoms with Gasteiger partial charge in [-0.1, -0.05) is 24.1 Å². The Bertz CT molecular complexity index is 1350. The number of esters is 1. The number of aliphatic hydroxyl groups excluding tert-OH is 1. The van der Waals surface area contributed by atoms with Gasteiger partial charge in [0, 0.05) is 12.3 Å². The number of carbonyl (C=O) groups excluding carboxylic acids is 1. The monoisotopic (exact) mass is 549 g/mol. The van der Waals surface area contributed by atoms with E-state index in [2.05, 4.69) is 5.09 Å². The van der Waals surface area contributed by atoms with E-state index in [1.165, 1.54) is 19.1 Å². The number of carbonyl (C=O) groups is 1. The minimum atomic E-state index is -4.31. The van der Waals surface area contributed by atoms with Gasteiger partial charge >= 0.3 is 19.4 Å². The lowest BCUT2D eigenvalue weighted by Crippen LogP contribution is -2.48. The van der Waals surface area contributed by atoms with Crippen LogP contribution in [-0.2, 0) is 23.4 Å². The zero-order valence-electron chi connectivity index (χ0n) is 20.4. The number of aliphatic hydroxyl groups is 2. The van der Waals surface area contributed by atoms with Crippen molar-refractivity contribution >= 4 is 13.7 Å². The summed E-state index contributed by atoms with van der Waals surface area (Å²) >= 11 is 0. The number of para-hydroxylation sites is 1. The maximum atomic E-state index is 13.7. The molecule has 0 amide bonds. The van der Waals surface area contributed by atoms with Crippen molar-refractivity contribution in [3.63, 3.8) is 0 Å². The predicted molar refractivity (Wildman–Crippen MR) is 132 cm³/mol. The van der Waals surface area contributed by atoms with E-state index in [9.17, 15) is 29.2 Å². The highest BCUT2D eigenvalue weighted by molar-refractivity contribution is 7.52. The van der Waals surface area contributed by atoms with Crippen LogP contribution in [0.4, 0.5) is 0 Å². The number of hydrogen-bond acceptors (Lipinski definition) is 10. The largest absolute Gasteiger partial charge is 0.461 e. The molecule has 2 aliphatic rings. The molecule has 1 saturated carbocycles. The molecule has 1 aromatic heterocycles. The Morgan fingerprint density at radius 1 is 1.34 bits per heavy atom. The SMILES string of the molecule is C#C[C@]1(O)C(n2ccc(=O)[nH]c2=O)O[C@H](COP(=O)(N[C@@H](C)C(=O)OC2CCC2)Oc2ccccc2)[C@H]1O. The van der Waals surface area contributed by atoms with Crippen LogP contribution in [0.25, 0.3) is 0 Å². The summed E-state index contributed by atoms with van der Waals surface area (Å²) in [6.07, 6.45) is 3.96. The number of ether oxygens (including phenoxy) is 2. The van der Waals surface area contributed by atoms with Gasteiger partial charge in [0.15, 0.2) is 11.8 Å². The average Bonchev–Trinajstić information content (AvgIpc) is 3.11. The Balaban J connectivity index is 1.52. The second-order valence-electron chi connectivity index (χ2n) is 9.00. The summed E-state index contributed by atoms with van der Waals surface area (Å²) in [6.45, 7) is 0.795. The van der Waals surface area contributed by atoms with Crippen molar-refractivity contribution in [2.45, 2.75) is 62.4 Å². The highest BCUT2D eigenvalue weighted by atomic mass is 31.2. The third kappa shape index (κ3) is 5.91. The van der Waals surface area contributed by atoms with Crippen molar-refractivity contribution in [2.75, 3.05) is 6.61 Å². The van der Waals surface area contributed by atoms with Gasteiger partial charge in [0.1, 0.15) is 30.1 Å². The fourth-order valence-electron chi connectivity index (χ4n) is 3.88. The molecule has 1 aliphatic carbocycles. The van der Waals surface area contributed by atoms with Crippen molar-refractivity contribution < 1.29 is 38.1 Å². The number of benzene rings is 1.